The monoisotopic (exact) mass is 261 g/mol. The second kappa shape index (κ2) is 16.8. The van der Waals surface area contributed by atoms with Gasteiger partial charge in [0, 0.05) is 12.8 Å². The first kappa shape index (κ1) is 17.8. The molecular weight excluding hydrogens is 240 g/mol. The molecule has 0 aliphatic rings. The lowest BCUT2D eigenvalue weighted by Gasteiger charge is -1.98. The fourth-order valence-corrected chi connectivity index (χ4v) is 1.64. The van der Waals surface area contributed by atoms with Crippen LogP contribution in [0.15, 0.2) is 0 Å². The summed E-state index contributed by atoms with van der Waals surface area (Å²) in [4.78, 5) is 0. The Kier molecular flexibility index (Phi) is 15.0. The van der Waals surface area contributed by atoms with Gasteiger partial charge in [0.15, 0.2) is 0 Å². The van der Waals surface area contributed by atoms with E-state index in [0.29, 0.717) is 0 Å². The van der Waals surface area contributed by atoms with E-state index in [9.17, 15) is 0 Å². The molecule has 0 nitrogen and oxygen atoms in total. The Morgan fingerprint density at radius 3 is 1.70 bits per heavy atom. The normalized spacial score (nSPS) is 7.40. The van der Waals surface area contributed by atoms with Gasteiger partial charge in [0.25, 0.3) is 0 Å². The van der Waals surface area contributed by atoms with Crippen molar-refractivity contribution >= 4 is 0 Å². The van der Waals surface area contributed by atoms with Gasteiger partial charge in [-0.1, -0.05) is 57.8 Å². The summed E-state index contributed by atoms with van der Waals surface area (Å²) in [6, 6.07) is 0. The predicted molar refractivity (Wildman–Crippen MR) is 85.5 cm³/mol. The van der Waals surface area contributed by atoms with E-state index in [2.05, 4.69) is 54.3 Å². The Labute approximate surface area is 125 Å². The molecule has 0 bridgehead atoms. The van der Waals surface area contributed by atoms with E-state index >= 15 is 0 Å². The van der Waals surface area contributed by atoms with E-state index in [-0.39, 0.29) is 0 Å². The van der Waals surface area contributed by atoms with Crippen LogP contribution in [-0.2, 0) is 0 Å². The van der Waals surface area contributed by atoms with Crippen molar-refractivity contribution in [3.05, 3.63) is 6.42 Å². The quantitative estimate of drug-likeness (QED) is 0.455. The molecule has 0 unspecified atom stereocenters. The third-order valence-corrected chi connectivity index (χ3v) is 2.68. The molecule has 0 atom stereocenters. The van der Waals surface area contributed by atoms with Crippen LogP contribution in [0.2, 0.25) is 0 Å². The van der Waals surface area contributed by atoms with Gasteiger partial charge in [-0.25, -0.2) is 0 Å². The molecule has 0 fully saturated rings. The van der Waals surface area contributed by atoms with Gasteiger partial charge in [0.2, 0.25) is 0 Å². The summed E-state index contributed by atoms with van der Waals surface area (Å²) in [5.74, 6) is 22.7. The fourth-order valence-electron chi connectivity index (χ4n) is 1.64. The van der Waals surface area contributed by atoms with Crippen molar-refractivity contribution < 1.29 is 0 Å². The van der Waals surface area contributed by atoms with Gasteiger partial charge < -0.3 is 0 Å². The first-order valence-corrected chi connectivity index (χ1v) is 7.31. The Bertz CT molecular complexity index is 512. The van der Waals surface area contributed by atoms with Gasteiger partial charge in [-0.2, -0.15) is 0 Å². The molecule has 0 saturated carbocycles. The Morgan fingerprint density at radius 2 is 1.10 bits per heavy atom. The van der Waals surface area contributed by atoms with Crippen LogP contribution in [-0.4, -0.2) is 0 Å². The molecular formula is C20H21. The van der Waals surface area contributed by atoms with Crippen molar-refractivity contribution in [2.24, 2.45) is 0 Å². The molecule has 0 aliphatic carbocycles. The minimum Gasteiger partial charge on any atom is -0.0891 e. The minimum absolute atomic E-state index is 0.916. The summed E-state index contributed by atoms with van der Waals surface area (Å²) >= 11 is 0. The van der Waals surface area contributed by atoms with Gasteiger partial charge >= 0.3 is 0 Å². The first-order chi connectivity index (χ1) is 9.91. The van der Waals surface area contributed by atoms with Crippen LogP contribution >= 0.6 is 0 Å². The lowest BCUT2D eigenvalue weighted by Crippen LogP contribution is -1.79. The van der Waals surface area contributed by atoms with Crippen molar-refractivity contribution in [1.29, 1.82) is 0 Å². The van der Waals surface area contributed by atoms with Gasteiger partial charge in [-0.15, -0.1) is 0 Å². The van der Waals surface area contributed by atoms with Gasteiger partial charge in [-0.05, 0) is 53.8 Å². The number of hydrogen-bond acceptors (Lipinski definition) is 0. The highest BCUT2D eigenvalue weighted by Gasteiger charge is 1.89. The zero-order chi connectivity index (χ0) is 14.7. The number of unbranched alkanes of at least 4 members (excludes halogenated alkanes) is 8. The Morgan fingerprint density at radius 1 is 0.600 bits per heavy atom. The summed E-state index contributed by atoms with van der Waals surface area (Å²) in [5.41, 5.74) is 0. The SMILES string of the molecule is [C]#CC#CC#CC#CC#CCCCCCCCCCC. The molecule has 0 aliphatic heterocycles. The topological polar surface area (TPSA) is 0 Å². The van der Waals surface area contributed by atoms with Crippen LogP contribution < -0.4 is 0 Å². The maximum absolute atomic E-state index is 6.54. The number of rotatable bonds is 8. The molecule has 0 amide bonds. The average Bonchev–Trinajstić information content (AvgIpc) is 2.47. The van der Waals surface area contributed by atoms with E-state index in [1.54, 1.807) is 0 Å². The maximum atomic E-state index is 6.54. The summed E-state index contributed by atoms with van der Waals surface area (Å²) < 4.78 is 0. The van der Waals surface area contributed by atoms with Crippen LogP contribution in [0.5, 0.6) is 0 Å². The van der Waals surface area contributed by atoms with Crippen molar-refractivity contribution in [3.63, 3.8) is 0 Å². The standard InChI is InChI=1S/C20H21/c1-3-5-7-9-11-13-15-17-19-20-18-16-14-12-10-8-6-4-2/h3,5,7,9,11,13,15,17,19H2,1H3. The van der Waals surface area contributed by atoms with Crippen LogP contribution in [0.4, 0.5) is 0 Å². The highest BCUT2D eigenvalue weighted by molar-refractivity contribution is 5.41. The molecule has 0 spiro atoms. The van der Waals surface area contributed by atoms with Gasteiger partial charge in [-0.3, -0.25) is 0 Å². The summed E-state index contributed by atoms with van der Waals surface area (Å²) in [5, 5.41) is 0. The van der Waals surface area contributed by atoms with E-state index in [1.807, 2.05) is 5.92 Å². The van der Waals surface area contributed by atoms with Crippen LogP contribution in [0.3, 0.4) is 0 Å². The average molecular weight is 261 g/mol. The molecule has 0 heterocycles. The second-order valence-electron chi connectivity index (χ2n) is 4.40. The first-order valence-electron chi connectivity index (χ1n) is 7.31. The van der Waals surface area contributed by atoms with E-state index in [4.69, 9.17) is 6.42 Å². The molecule has 20 heavy (non-hydrogen) atoms. The largest absolute Gasteiger partial charge is 0.0891 e. The summed E-state index contributed by atoms with van der Waals surface area (Å²) in [6.07, 6.45) is 18.0. The number of hydrogen-bond donors (Lipinski definition) is 0. The van der Waals surface area contributed by atoms with Gasteiger partial charge in [0.1, 0.15) is 0 Å². The van der Waals surface area contributed by atoms with Crippen molar-refractivity contribution in [1.82, 2.24) is 0 Å². The van der Waals surface area contributed by atoms with Crippen LogP contribution in [0, 0.1) is 59.7 Å². The smallest absolute Gasteiger partial charge is 0.00989 e. The van der Waals surface area contributed by atoms with E-state index in [0.717, 1.165) is 12.8 Å². The minimum atomic E-state index is 0.916. The van der Waals surface area contributed by atoms with Crippen LogP contribution in [0.1, 0.15) is 64.7 Å². The van der Waals surface area contributed by atoms with Crippen molar-refractivity contribution in [3.8, 4) is 53.3 Å². The van der Waals surface area contributed by atoms with Crippen LogP contribution in [0.25, 0.3) is 0 Å². The highest BCUT2D eigenvalue weighted by Crippen LogP contribution is 2.08. The molecule has 0 aromatic rings. The molecule has 0 saturated heterocycles. The predicted octanol–water partition coefficient (Wildman–Crippen LogP) is 4.12. The van der Waals surface area contributed by atoms with E-state index < -0.39 is 0 Å². The zero-order valence-corrected chi connectivity index (χ0v) is 12.4. The molecule has 0 heteroatoms. The van der Waals surface area contributed by atoms with Crippen molar-refractivity contribution in [2.45, 2.75) is 64.7 Å². The fraction of sp³-hybridized carbons (Fsp3) is 0.500. The van der Waals surface area contributed by atoms with Crippen molar-refractivity contribution in [2.75, 3.05) is 0 Å². The highest BCUT2D eigenvalue weighted by atomic mass is 14.0. The zero-order valence-electron chi connectivity index (χ0n) is 12.4. The van der Waals surface area contributed by atoms with E-state index in [1.165, 1.54) is 44.9 Å². The lowest BCUT2D eigenvalue weighted by atomic mass is 10.1. The third kappa shape index (κ3) is 15.8. The Hall–Kier alpha value is -2.20. The molecule has 0 aromatic heterocycles. The molecule has 101 valence electrons. The Balaban J connectivity index is 3.48. The maximum Gasteiger partial charge on any atom is 0.00989 e. The molecule has 0 N–H and O–H groups in total. The third-order valence-electron chi connectivity index (χ3n) is 2.68. The molecule has 0 aromatic carbocycles. The summed E-state index contributed by atoms with van der Waals surface area (Å²) in [7, 11) is 0. The molecule has 1 radical (unpaired) electrons. The lowest BCUT2D eigenvalue weighted by molar-refractivity contribution is 0.579. The van der Waals surface area contributed by atoms with Gasteiger partial charge in [0.05, 0.1) is 0 Å². The second-order valence-corrected chi connectivity index (χ2v) is 4.40. The summed E-state index contributed by atoms with van der Waals surface area (Å²) in [6.45, 7) is 2.25. The molecule has 0 rings (SSSR count).